The van der Waals surface area contributed by atoms with E-state index in [9.17, 15) is 4.79 Å². The summed E-state index contributed by atoms with van der Waals surface area (Å²) in [5, 5.41) is 3.03. The lowest BCUT2D eigenvalue weighted by Gasteiger charge is -2.20. The molecule has 1 aliphatic heterocycles. The highest BCUT2D eigenvalue weighted by atomic mass is 16.5. The smallest absolute Gasteiger partial charge is 0.180 e. The van der Waals surface area contributed by atoms with E-state index in [4.69, 9.17) is 9.47 Å². The Hall–Kier alpha value is -1.55. The zero-order chi connectivity index (χ0) is 10.8. The van der Waals surface area contributed by atoms with E-state index >= 15 is 0 Å². The fourth-order valence-corrected chi connectivity index (χ4v) is 1.84. The minimum atomic E-state index is 0.0481. The molecule has 0 atom stereocenters. The first-order valence-corrected chi connectivity index (χ1v) is 4.75. The number of carbonyl (C=O) groups excluding carboxylic acids is 1. The monoisotopic (exact) mass is 207 g/mol. The molecule has 0 bridgehead atoms. The number of hydrogen-bond acceptors (Lipinski definition) is 4. The predicted octanol–water partition coefficient (Wildman–Crippen LogP) is 0.990. The van der Waals surface area contributed by atoms with Gasteiger partial charge in [0.2, 0.25) is 0 Å². The highest BCUT2D eigenvalue weighted by molar-refractivity contribution is 6.03. The maximum Gasteiger partial charge on any atom is 0.180 e. The van der Waals surface area contributed by atoms with E-state index in [1.165, 1.54) is 0 Å². The molecule has 0 spiro atoms. The van der Waals surface area contributed by atoms with Crippen molar-refractivity contribution in [2.24, 2.45) is 0 Å². The third-order valence-electron chi connectivity index (χ3n) is 2.54. The average molecular weight is 207 g/mol. The number of benzene rings is 1. The van der Waals surface area contributed by atoms with Crippen LogP contribution < -0.4 is 14.8 Å². The zero-order valence-corrected chi connectivity index (χ0v) is 8.79. The normalized spacial score (nSPS) is 14.7. The van der Waals surface area contributed by atoms with Crippen LogP contribution in [0.5, 0.6) is 11.5 Å². The molecule has 1 aromatic carbocycles. The first-order chi connectivity index (χ1) is 7.27. The van der Waals surface area contributed by atoms with Crippen LogP contribution in [0.15, 0.2) is 12.1 Å². The number of hydrogen-bond donors (Lipinski definition) is 1. The summed E-state index contributed by atoms with van der Waals surface area (Å²) in [5.41, 5.74) is 1.53. The molecule has 1 N–H and O–H groups in total. The Morgan fingerprint density at radius 1 is 1.13 bits per heavy atom. The second-order valence-corrected chi connectivity index (χ2v) is 3.35. The molecule has 0 fully saturated rings. The van der Waals surface area contributed by atoms with E-state index in [1.54, 1.807) is 20.3 Å². The van der Waals surface area contributed by atoms with Gasteiger partial charge in [-0.3, -0.25) is 4.79 Å². The van der Waals surface area contributed by atoms with Gasteiger partial charge >= 0.3 is 0 Å². The van der Waals surface area contributed by atoms with E-state index in [2.05, 4.69) is 5.32 Å². The SMILES string of the molecule is COc1ccc(OC)c2c1CNCC2=O. The quantitative estimate of drug-likeness (QED) is 0.785. The van der Waals surface area contributed by atoms with E-state index in [0.717, 1.165) is 11.3 Å². The van der Waals surface area contributed by atoms with Crippen LogP contribution in [0.2, 0.25) is 0 Å². The fraction of sp³-hybridized carbons (Fsp3) is 0.364. The van der Waals surface area contributed by atoms with Crippen molar-refractivity contribution in [3.63, 3.8) is 0 Å². The second-order valence-electron chi connectivity index (χ2n) is 3.35. The van der Waals surface area contributed by atoms with Gasteiger partial charge in [0.1, 0.15) is 11.5 Å². The molecule has 80 valence electrons. The maximum absolute atomic E-state index is 11.7. The lowest BCUT2D eigenvalue weighted by Crippen LogP contribution is -2.30. The van der Waals surface area contributed by atoms with Crippen molar-refractivity contribution < 1.29 is 14.3 Å². The van der Waals surface area contributed by atoms with Crippen LogP contribution in [0.3, 0.4) is 0 Å². The molecule has 0 saturated carbocycles. The largest absolute Gasteiger partial charge is 0.496 e. The van der Waals surface area contributed by atoms with Crippen molar-refractivity contribution in [2.75, 3.05) is 20.8 Å². The van der Waals surface area contributed by atoms with Gasteiger partial charge in [0, 0.05) is 12.1 Å². The van der Waals surface area contributed by atoms with E-state index in [0.29, 0.717) is 24.4 Å². The molecule has 0 saturated heterocycles. The summed E-state index contributed by atoms with van der Waals surface area (Å²) in [6.45, 7) is 0.998. The Morgan fingerprint density at radius 2 is 1.80 bits per heavy atom. The number of nitrogens with one attached hydrogen (secondary N) is 1. The summed E-state index contributed by atoms with van der Waals surface area (Å²) in [5.74, 6) is 1.40. The third-order valence-corrected chi connectivity index (χ3v) is 2.54. The molecule has 1 aliphatic rings. The highest BCUT2D eigenvalue weighted by Gasteiger charge is 2.24. The van der Waals surface area contributed by atoms with Gasteiger partial charge in [-0.05, 0) is 12.1 Å². The third kappa shape index (κ3) is 1.57. The van der Waals surface area contributed by atoms with Crippen molar-refractivity contribution in [1.29, 1.82) is 0 Å². The van der Waals surface area contributed by atoms with Gasteiger partial charge in [0.05, 0.1) is 26.3 Å². The Bertz CT molecular complexity index is 401. The molecule has 0 aromatic heterocycles. The van der Waals surface area contributed by atoms with Gasteiger partial charge in [0.15, 0.2) is 5.78 Å². The minimum absolute atomic E-state index is 0.0481. The summed E-state index contributed by atoms with van der Waals surface area (Å²) in [4.78, 5) is 11.7. The maximum atomic E-state index is 11.7. The Labute approximate surface area is 88.2 Å². The number of carbonyl (C=O) groups is 1. The molecular formula is C11H13NO3. The number of fused-ring (bicyclic) bond motifs is 1. The van der Waals surface area contributed by atoms with Crippen molar-refractivity contribution in [3.05, 3.63) is 23.3 Å². The van der Waals surface area contributed by atoms with Crippen LogP contribution in [0, 0.1) is 0 Å². The summed E-state index contributed by atoms with van der Waals surface area (Å²) in [6, 6.07) is 3.58. The van der Waals surface area contributed by atoms with Crippen molar-refractivity contribution in [3.8, 4) is 11.5 Å². The number of ether oxygens (including phenoxy) is 2. The van der Waals surface area contributed by atoms with E-state index in [1.807, 2.05) is 6.07 Å². The molecule has 0 unspecified atom stereocenters. The van der Waals surface area contributed by atoms with Crippen LogP contribution in [-0.2, 0) is 6.54 Å². The second kappa shape index (κ2) is 3.90. The van der Waals surface area contributed by atoms with Crippen molar-refractivity contribution in [1.82, 2.24) is 5.32 Å². The summed E-state index contributed by atoms with van der Waals surface area (Å²) >= 11 is 0. The Kier molecular flexibility index (Phi) is 2.60. The highest BCUT2D eigenvalue weighted by Crippen LogP contribution is 2.32. The Balaban J connectivity index is 2.61. The van der Waals surface area contributed by atoms with E-state index in [-0.39, 0.29) is 5.78 Å². The van der Waals surface area contributed by atoms with E-state index < -0.39 is 0 Å². The molecule has 0 aliphatic carbocycles. The van der Waals surface area contributed by atoms with Crippen molar-refractivity contribution in [2.45, 2.75) is 6.54 Å². The van der Waals surface area contributed by atoms with Crippen LogP contribution >= 0.6 is 0 Å². The number of rotatable bonds is 2. The van der Waals surface area contributed by atoms with Gasteiger partial charge in [-0.1, -0.05) is 0 Å². The molecule has 1 aromatic rings. The molecular weight excluding hydrogens is 194 g/mol. The molecule has 0 radical (unpaired) electrons. The van der Waals surface area contributed by atoms with Crippen LogP contribution in [0.4, 0.5) is 0 Å². The molecule has 15 heavy (non-hydrogen) atoms. The number of ketones is 1. The average Bonchev–Trinajstić information content (AvgIpc) is 2.28. The lowest BCUT2D eigenvalue weighted by molar-refractivity contribution is 0.0978. The lowest BCUT2D eigenvalue weighted by atomic mass is 9.98. The molecule has 0 amide bonds. The zero-order valence-electron chi connectivity index (χ0n) is 8.79. The van der Waals surface area contributed by atoms with Gasteiger partial charge < -0.3 is 14.8 Å². The molecule has 4 heteroatoms. The first-order valence-electron chi connectivity index (χ1n) is 4.75. The fourth-order valence-electron chi connectivity index (χ4n) is 1.84. The van der Waals surface area contributed by atoms with Crippen LogP contribution in [-0.4, -0.2) is 26.5 Å². The summed E-state index contributed by atoms with van der Waals surface area (Å²) in [6.07, 6.45) is 0. The van der Waals surface area contributed by atoms with Crippen LogP contribution in [0.1, 0.15) is 15.9 Å². The van der Waals surface area contributed by atoms with Crippen LogP contribution in [0.25, 0.3) is 0 Å². The van der Waals surface area contributed by atoms with Gasteiger partial charge in [-0.15, -0.1) is 0 Å². The first kappa shape index (κ1) is 9.98. The minimum Gasteiger partial charge on any atom is -0.496 e. The summed E-state index contributed by atoms with van der Waals surface area (Å²) < 4.78 is 10.4. The molecule has 1 heterocycles. The predicted molar refractivity (Wildman–Crippen MR) is 55.6 cm³/mol. The van der Waals surface area contributed by atoms with Gasteiger partial charge in [0.25, 0.3) is 0 Å². The summed E-state index contributed by atoms with van der Waals surface area (Å²) in [7, 11) is 3.17. The number of methoxy groups -OCH3 is 2. The number of Topliss-reactive ketones (excluding diaryl/α,β-unsaturated/α-hetero) is 1. The van der Waals surface area contributed by atoms with Gasteiger partial charge in [-0.2, -0.15) is 0 Å². The topological polar surface area (TPSA) is 47.6 Å². The van der Waals surface area contributed by atoms with Gasteiger partial charge in [-0.25, -0.2) is 0 Å². The molecule has 4 nitrogen and oxygen atoms in total. The Morgan fingerprint density at radius 3 is 2.47 bits per heavy atom. The standard InChI is InChI=1S/C11H13NO3/c1-14-9-3-4-10(15-2)11-7(9)5-12-6-8(11)13/h3-4,12H,5-6H2,1-2H3. The molecule has 2 rings (SSSR count). The van der Waals surface area contributed by atoms with Crippen molar-refractivity contribution >= 4 is 5.78 Å².